The molecular formula is C15H29N3S. The molecule has 0 spiro atoms. The van der Waals surface area contributed by atoms with Crippen molar-refractivity contribution in [1.29, 1.82) is 0 Å². The Balaban J connectivity index is 2.15. The largest absolute Gasteiger partial charge is 0.313 e. The first-order valence-electron chi connectivity index (χ1n) is 7.37. The Morgan fingerprint density at radius 1 is 1.26 bits per heavy atom. The van der Waals surface area contributed by atoms with Gasteiger partial charge in [-0.2, -0.15) is 16.9 Å². The molecule has 1 N–H and O–H groups in total. The second-order valence-electron chi connectivity index (χ2n) is 5.45. The molecule has 0 aliphatic rings. The molecule has 0 fully saturated rings. The number of hydrogen-bond acceptors (Lipinski definition) is 3. The predicted octanol–water partition coefficient (Wildman–Crippen LogP) is 3.56. The van der Waals surface area contributed by atoms with Crippen molar-refractivity contribution >= 4 is 11.8 Å². The van der Waals surface area contributed by atoms with Gasteiger partial charge in [0.2, 0.25) is 0 Å². The molecule has 0 aliphatic carbocycles. The third kappa shape index (κ3) is 6.48. The molecule has 0 saturated carbocycles. The molecule has 4 heteroatoms. The third-order valence-electron chi connectivity index (χ3n) is 3.25. The minimum absolute atomic E-state index is 0.504. The van der Waals surface area contributed by atoms with Crippen molar-refractivity contribution in [2.24, 2.45) is 7.05 Å². The van der Waals surface area contributed by atoms with Crippen LogP contribution in [0, 0.1) is 0 Å². The van der Waals surface area contributed by atoms with E-state index in [0.29, 0.717) is 5.92 Å². The van der Waals surface area contributed by atoms with Crippen molar-refractivity contribution in [1.82, 2.24) is 15.1 Å². The SMILES string of the molecule is CSCCCCCCNCc1cn(C)nc1C(C)C. The number of thioether (sulfide) groups is 1. The normalized spacial score (nSPS) is 11.4. The molecule has 1 heterocycles. The Morgan fingerprint density at radius 2 is 2.00 bits per heavy atom. The van der Waals surface area contributed by atoms with Gasteiger partial charge in [0.25, 0.3) is 0 Å². The number of rotatable bonds is 10. The molecular weight excluding hydrogens is 254 g/mol. The fraction of sp³-hybridized carbons (Fsp3) is 0.800. The van der Waals surface area contributed by atoms with Gasteiger partial charge in [0, 0.05) is 25.4 Å². The number of nitrogens with one attached hydrogen (secondary N) is 1. The van der Waals surface area contributed by atoms with Crippen LogP contribution in [-0.4, -0.2) is 28.3 Å². The van der Waals surface area contributed by atoms with Crippen LogP contribution in [0.15, 0.2) is 6.20 Å². The van der Waals surface area contributed by atoms with Crippen LogP contribution >= 0.6 is 11.8 Å². The minimum atomic E-state index is 0.504. The zero-order chi connectivity index (χ0) is 14.1. The van der Waals surface area contributed by atoms with E-state index >= 15 is 0 Å². The maximum Gasteiger partial charge on any atom is 0.0694 e. The van der Waals surface area contributed by atoms with E-state index in [1.165, 1.54) is 42.7 Å². The fourth-order valence-corrected chi connectivity index (χ4v) is 2.74. The van der Waals surface area contributed by atoms with Crippen molar-refractivity contribution in [3.05, 3.63) is 17.5 Å². The van der Waals surface area contributed by atoms with Gasteiger partial charge in [-0.3, -0.25) is 4.68 Å². The van der Waals surface area contributed by atoms with Crippen LogP contribution in [0.1, 0.15) is 56.7 Å². The lowest BCUT2D eigenvalue weighted by atomic mass is 10.1. The van der Waals surface area contributed by atoms with E-state index < -0.39 is 0 Å². The van der Waals surface area contributed by atoms with E-state index in [1.807, 2.05) is 23.5 Å². The Bertz CT molecular complexity index is 347. The molecule has 0 radical (unpaired) electrons. The molecule has 0 saturated heterocycles. The average Bonchev–Trinajstić information content (AvgIpc) is 2.74. The maximum atomic E-state index is 4.53. The first-order chi connectivity index (χ1) is 9.15. The number of aromatic nitrogens is 2. The third-order valence-corrected chi connectivity index (χ3v) is 3.95. The van der Waals surface area contributed by atoms with Crippen molar-refractivity contribution in [2.75, 3.05) is 18.6 Å². The van der Waals surface area contributed by atoms with E-state index in [1.54, 1.807) is 0 Å². The number of unbranched alkanes of at least 4 members (excludes halogenated alkanes) is 3. The standard InChI is InChI=1S/C15H29N3S/c1-13(2)15-14(12-18(3)17-15)11-16-9-7-5-6-8-10-19-4/h12-13,16H,5-11H2,1-4H3. The summed E-state index contributed by atoms with van der Waals surface area (Å²) in [5, 5.41) is 8.08. The van der Waals surface area contributed by atoms with Crippen molar-refractivity contribution < 1.29 is 0 Å². The van der Waals surface area contributed by atoms with E-state index in [0.717, 1.165) is 13.1 Å². The van der Waals surface area contributed by atoms with E-state index in [4.69, 9.17) is 0 Å². The second kappa shape index (κ2) is 9.43. The molecule has 0 aliphatic heterocycles. The van der Waals surface area contributed by atoms with Crippen LogP contribution in [0.2, 0.25) is 0 Å². The molecule has 0 aromatic carbocycles. The summed E-state index contributed by atoms with van der Waals surface area (Å²) < 4.78 is 1.93. The van der Waals surface area contributed by atoms with Crippen LogP contribution in [0.3, 0.4) is 0 Å². The van der Waals surface area contributed by atoms with Gasteiger partial charge >= 0.3 is 0 Å². The maximum absolute atomic E-state index is 4.53. The summed E-state index contributed by atoms with van der Waals surface area (Å²) in [7, 11) is 2.00. The van der Waals surface area contributed by atoms with Crippen molar-refractivity contribution in [2.45, 2.75) is 52.0 Å². The van der Waals surface area contributed by atoms with Gasteiger partial charge in [0.15, 0.2) is 0 Å². The molecule has 0 amide bonds. The van der Waals surface area contributed by atoms with Gasteiger partial charge in [-0.15, -0.1) is 0 Å². The molecule has 0 unspecified atom stereocenters. The topological polar surface area (TPSA) is 29.9 Å². The molecule has 1 aromatic rings. The van der Waals surface area contributed by atoms with Gasteiger partial charge < -0.3 is 5.32 Å². The lowest BCUT2D eigenvalue weighted by Gasteiger charge is -2.07. The van der Waals surface area contributed by atoms with Crippen LogP contribution in [0.5, 0.6) is 0 Å². The lowest BCUT2D eigenvalue weighted by molar-refractivity contribution is 0.596. The predicted molar refractivity (Wildman–Crippen MR) is 85.9 cm³/mol. The summed E-state index contributed by atoms with van der Waals surface area (Å²) in [5.41, 5.74) is 2.58. The van der Waals surface area contributed by atoms with E-state index in [-0.39, 0.29) is 0 Å². The van der Waals surface area contributed by atoms with Crippen LogP contribution in [0.25, 0.3) is 0 Å². The molecule has 3 nitrogen and oxygen atoms in total. The zero-order valence-corrected chi connectivity index (χ0v) is 13.7. The zero-order valence-electron chi connectivity index (χ0n) is 12.9. The smallest absolute Gasteiger partial charge is 0.0694 e. The summed E-state index contributed by atoms with van der Waals surface area (Å²) in [6.45, 7) is 6.48. The first kappa shape index (κ1) is 16.6. The highest BCUT2D eigenvalue weighted by Gasteiger charge is 2.10. The Kier molecular flexibility index (Phi) is 8.22. The van der Waals surface area contributed by atoms with E-state index in [2.05, 4.69) is 36.7 Å². The molecule has 0 atom stereocenters. The lowest BCUT2D eigenvalue weighted by Crippen LogP contribution is -2.15. The minimum Gasteiger partial charge on any atom is -0.313 e. The molecule has 1 aromatic heterocycles. The highest BCUT2D eigenvalue weighted by atomic mass is 32.2. The quantitative estimate of drug-likeness (QED) is 0.666. The fourth-order valence-electron chi connectivity index (χ4n) is 2.25. The van der Waals surface area contributed by atoms with Crippen LogP contribution in [-0.2, 0) is 13.6 Å². The monoisotopic (exact) mass is 283 g/mol. The van der Waals surface area contributed by atoms with Crippen LogP contribution < -0.4 is 5.32 Å². The highest BCUT2D eigenvalue weighted by Crippen LogP contribution is 2.16. The van der Waals surface area contributed by atoms with Crippen molar-refractivity contribution in [3.63, 3.8) is 0 Å². The van der Waals surface area contributed by atoms with Gasteiger partial charge in [0.05, 0.1) is 5.69 Å². The number of aryl methyl sites for hydroxylation is 1. The van der Waals surface area contributed by atoms with Crippen molar-refractivity contribution in [3.8, 4) is 0 Å². The van der Waals surface area contributed by atoms with Crippen LogP contribution in [0.4, 0.5) is 0 Å². The van der Waals surface area contributed by atoms with Gasteiger partial charge in [-0.1, -0.05) is 26.7 Å². The van der Waals surface area contributed by atoms with E-state index in [9.17, 15) is 0 Å². The number of hydrogen-bond donors (Lipinski definition) is 1. The second-order valence-corrected chi connectivity index (χ2v) is 6.44. The summed E-state index contributed by atoms with van der Waals surface area (Å²) in [6.07, 6.45) is 9.68. The number of nitrogens with zero attached hydrogens (tertiary/aromatic N) is 2. The Morgan fingerprint density at radius 3 is 2.68 bits per heavy atom. The average molecular weight is 283 g/mol. The van der Waals surface area contributed by atoms with Gasteiger partial charge in [-0.05, 0) is 37.3 Å². The Hall–Kier alpha value is -0.480. The highest BCUT2D eigenvalue weighted by molar-refractivity contribution is 7.98. The molecule has 19 heavy (non-hydrogen) atoms. The molecule has 0 bridgehead atoms. The summed E-state index contributed by atoms with van der Waals surface area (Å²) in [4.78, 5) is 0. The molecule has 110 valence electrons. The summed E-state index contributed by atoms with van der Waals surface area (Å²) >= 11 is 1.95. The first-order valence-corrected chi connectivity index (χ1v) is 8.76. The summed E-state index contributed by atoms with van der Waals surface area (Å²) in [5.74, 6) is 1.81. The Labute approximate surface area is 122 Å². The molecule has 1 rings (SSSR count). The summed E-state index contributed by atoms with van der Waals surface area (Å²) in [6, 6.07) is 0. The van der Waals surface area contributed by atoms with Gasteiger partial charge in [0.1, 0.15) is 0 Å². The van der Waals surface area contributed by atoms with Gasteiger partial charge in [-0.25, -0.2) is 0 Å².